The third kappa shape index (κ3) is 2.15. The third-order valence-corrected chi connectivity index (χ3v) is 2.68. The maximum absolute atomic E-state index is 13.5. The highest BCUT2D eigenvalue weighted by Gasteiger charge is 2.23. The second-order valence-electron chi connectivity index (χ2n) is 3.47. The zero-order chi connectivity index (χ0) is 13.3. The number of hydrogen-bond donors (Lipinski definition) is 2. The van der Waals surface area contributed by atoms with E-state index in [-0.39, 0.29) is 0 Å². The van der Waals surface area contributed by atoms with E-state index in [2.05, 4.69) is 17.9 Å². The van der Waals surface area contributed by atoms with Crippen LogP contribution in [0.15, 0.2) is 35.2 Å². The molecule has 0 aliphatic heterocycles. The molecule has 2 rings (SSSR count). The number of rotatable bonds is 2. The first-order valence-electron chi connectivity index (χ1n) is 4.89. The van der Waals surface area contributed by atoms with Gasteiger partial charge in [-0.3, -0.25) is 0 Å². The summed E-state index contributed by atoms with van der Waals surface area (Å²) in [5.74, 6) is -6.09. The molecule has 0 saturated carbocycles. The molecule has 0 bridgehead atoms. The van der Waals surface area contributed by atoms with Gasteiger partial charge in [-0.2, -0.15) is 0 Å². The molecule has 1 nitrogen and oxygen atoms in total. The fourth-order valence-electron chi connectivity index (χ4n) is 1.40. The molecule has 0 radical (unpaired) electrons. The Morgan fingerprint density at radius 1 is 0.778 bits per heavy atom. The van der Waals surface area contributed by atoms with Gasteiger partial charge in [0.15, 0.2) is 23.3 Å². The lowest BCUT2D eigenvalue weighted by Crippen LogP contribution is -2.04. The van der Waals surface area contributed by atoms with Gasteiger partial charge in [-0.15, -0.1) is 12.6 Å². The minimum atomic E-state index is -1.53. The van der Waals surface area contributed by atoms with Gasteiger partial charge in [-0.1, -0.05) is 18.2 Å². The number of hydrogen-bond acceptors (Lipinski definition) is 2. The molecule has 0 saturated heterocycles. The molecule has 0 unspecified atom stereocenters. The fraction of sp³-hybridized carbons (Fsp3) is 0. The lowest BCUT2D eigenvalue weighted by molar-refractivity contribution is 0.431. The van der Waals surface area contributed by atoms with Crippen molar-refractivity contribution >= 4 is 24.0 Å². The van der Waals surface area contributed by atoms with Crippen LogP contribution in [-0.4, -0.2) is 0 Å². The van der Waals surface area contributed by atoms with Gasteiger partial charge >= 0.3 is 0 Å². The van der Waals surface area contributed by atoms with Gasteiger partial charge in [0.25, 0.3) is 0 Å². The maximum atomic E-state index is 13.5. The summed E-state index contributed by atoms with van der Waals surface area (Å²) in [7, 11) is 0. The first-order valence-corrected chi connectivity index (χ1v) is 5.34. The second kappa shape index (κ2) is 4.89. The summed E-state index contributed by atoms with van der Waals surface area (Å²) >= 11 is 3.37. The van der Waals surface area contributed by atoms with E-state index in [1.165, 1.54) is 12.1 Å². The molecule has 0 aliphatic carbocycles. The van der Waals surface area contributed by atoms with Crippen molar-refractivity contribution in [3.8, 4) is 0 Å². The van der Waals surface area contributed by atoms with Gasteiger partial charge in [0.05, 0.1) is 4.90 Å². The predicted molar refractivity (Wildman–Crippen MR) is 63.3 cm³/mol. The van der Waals surface area contributed by atoms with Crippen molar-refractivity contribution in [2.45, 2.75) is 4.90 Å². The Balaban J connectivity index is 2.52. The Bertz CT molecular complexity index is 557. The van der Waals surface area contributed by atoms with E-state index in [0.29, 0.717) is 5.69 Å². The molecule has 18 heavy (non-hydrogen) atoms. The minimum Gasteiger partial charge on any atom is -0.351 e. The van der Waals surface area contributed by atoms with Gasteiger partial charge in [0, 0.05) is 5.69 Å². The summed E-state index contributed by atoms with van der Waals surface area (Å²) in [6.07, 6.45) is 0. The summed E-state index contributed by atoms with van der Waals surface area (Å²) in [6.45, 7) is 0. The van der Waals surface area contributed by atoms with Crippen LogP contribution in [0.25, 0.3) is 0 Å². The lowest BCUT2D eigenvalue weighted by Gasteiger charge is -2.11. The van der Waals surface area contributed by atoms with Gasteiger partial charge in [0.2, 0.25) is 0 Å². The van der Waals surface area contributed by atoms with E-state index in [4.69, 9.17) is 0 Å². The highest BCUT2D eigenvalue weighted by atomic mass is 32.1. The van der Waals surface area contributed by atoms with Crippen molar-refractivity contribution in [3.05, 3.63) is 53.6 Å². The molecule has 6 heteroatoms. The van der Waals surface area contributed by atoms with E-state index in [1.54, 1.807) is 18.2 Å². The molecule has 0 fully saturated rings. The molecule has 0 atom stereocenters. The van der Waals surface area contributed by atoms with Crippen LogP contribution >= 0.6 is 12.6 Å². The zero-order valence-electron chi connectivity index (χ0n) is 8.85. The van der Waals surface area contributed by atoms with Crippen LogP contribution in [0.2, 0.25) is 0 Å². The zero-order valence-corrected chi connectivity index (χ0v) is 9.74. The molecule has 0 aliphatic rings. The van der Waals surface area contributed by atoms with Gasteiger partial charge in [-0.25, -0.2) is 17.6 Å². The summed E-state index contributed by atoms with van der Waals surface area (Å²) in [6, 6.07) is 7.91. The van der Waals surface area contributed by atoms with E-state index in [1.807, 2.05) is 0 Å². The van der Waals surface area contributed by atoms with Crippen LogP contribution < -0.4 is 5.32 Å². The number of para-hydroxylation sites is 1. The summed E-state index contributed by atoms with van der Waals surface area (Å²) < 4.78 is 53.5. The molecule has 0 spiro atoms. The van der Waals surface area contributed by atoms with Crippen molar-refractivity contribution in [2.24, 2.45) is 0 Å². The van der Waals surface area contributed by atoms with Gasteiger partial charge in [-0.05, 0) is 12.1 Å². The van der Waals surface area contributed by atoms with Gasteiger partial charge < -0.3 is 5.32 Å². The quantitative estimate of drug-likeness (QED) is 0.473. The molecule has 0 heterocycles. The first-order chi connectivity index (χ1) is 8.52. The summed E-state index contributed by atoms with van der Waals surface area (Å²) in [5, 5.41) is 2.29. The smallest absolute Gasteiger partial charge is 0.186 e. The molecular weight excluding hydrogens is 266 g/mol. The molecule has 0 amide bonds. The highest BCUT2D eigenvalue weighted by molar-refractivity contribution is 7.80. The third-order valence-electron chi connectivity index (χ3n) is 2.28. The van der Waals surface area contributed by atoms with Crippen molar-refractivity contribution in [1.82, 2.24) is 0 Å². The maximum Gasteiger partial charge on any atom is 0.186 e. The monoisotopic (exact) mass is 273 g/mol. The Kier molecular flexibility index (Phi) is 3.47. The number of anilines is 2. The van der Waals surface area contributed by atoms with E-state index in [0.717, 1.165) is 0 Å². The number of halogens is 4. The Hall–Kier alpha value is -1.69. The molecule has 1 N–H and O–H groups in total. The van der Waals surface area contributed by atoms with Crippen molar-refractivity contribution in [2.75, 3.05) is 5.32 Å². The molecule has 2 aromatic carbocycles. The average molecular weight is 273 g/mol. The molecule has 94 valence electrons. The average Bonchev–Trinajstić information content (AvgIpc) is 2.40. The topological polar surface area (TPSA) is 12.0 Å². The van der Waals surface area contributed by atoms with E-state index in [9.17, 15) is 17.6 Å². The predicted octanol–water partition coefficient (Wildman–Crippen LogP) is 4.28. The normalized spacial score (nSPS) is 10.5. The minimum absolute atomic E-state index is 0.306. The van der Waals surface area contributed by atoms with Crippen LogP contribution in [0.4, 0.5) is 28.9 Å². The van der Waals surface area contributed by atoms with Crippen LogP contribution in [0.5, 0.6) is 0 Å². The largest absolute Gasteiger partial charge is 0.351 e. The molecule has 2 aromatic rings. The standard InChI is InChI=1S/C12H7F4NS/c13-7-9(15)12(18)10(16)8(14)11(7)17-6-4-2-1-3-5-6/h1-5,17-18H. The first kappa shape index (κ1) is 12.8. The molecule has 0 aromatic heterocycles. The molecular formula is C12H7F4NS. The van der Waals surface area contributed by atoms with Crippen molar-refractivity contribution < 1.29 is 17.6 Å². The lowest BCUT2D eigenvalue weighted by atomic mass is 10.2. The number of benzene rings is 2. The van der Waals surface area contributed by atoms with Crippen LogP contribution in [0.3, 0.4) is 0 Å². The number of thiol groups is 1. The number of nitrogens with one attached hydrogen (secondary N) is 1. The second-order valence-corrected chi connectivity index (χ2v) is 3.92. The van der Waals surface area contributed by atoms with Gasteiger partial charge in [0.1, 0.15) is 5.69 Å². The Labute approximate surface area is 106 Å². The fourth-order valence-corrected chi connectivity index (χ4v) is 1.59. The van der Waals surface area contributed by atoms with Crippen molar-refractivity contribution in [3.63, 3.8) is 0 Å². The van der Waals surface area contributed by atoms with Crippen LogP contribution in [0.1, 0.15) is 0 Å². The SMILES string of the molecule is Fc1c(F)c(Nc2ccccc2)c(F)c(F)c1S. The Morgan fingerprint density at radius 2 is 1.28 bits per heavy atom. The van der Waals surface area contributed by atoms with E-state index < -0.39 is 33.9 Å². The summed E-state index contributed by atoms with van der Waals surface area (Å²) in [5.41, 5.74) is -0.574. The highest BCUT2D eigenvalue weighted by Crippen LogP contribution is 2.31. The Morgan fingerprint density at radius 3 is 1.78 bits per heavy atom. The van der Waals surface area contributed by atoms with Crippen LogP contribution in [0, 0.1) is 23.3 Å². The van der Waals surface area contributed by atoms with E-state index >= 15 is 0 Å². The van der Waals surface area contributed by atoms with Crippen LogP contribution in [-0.2, 0) is 0 Å². The van der Waals surface area contributed by atoms with Crippen molar-refractivity contribution in [1.29, 1.82) is 0 Å². The summed E-state index contributed by atoms with van der Waals surface area (Å²) in [4.78, 5) is -0.983.